The van der Waals surface area contributed by atoms with Gasteiger partial charge in [0.2, 0.25) is 0 Å². The monoisotopic (exact) mass is 208 g/mol. The topological polar surface area (TPSA) is 52.6 Å². The fourth-order valence-electron chi connectivity index (χ4n) is 1.15. The number of benzene rings is 1. The van der Waals surface area contributed by atoms with E-state index < -0.39 is 5.97 Å². The lowest BCUT2D eigenvalue weighted by Gasteiger charge is -2.10. The molecule has 15 heavy (non-hydrogen) atoms. The Morgan fingerprint density at radius 3 is 2.73 bits per heavy atom. The molecule has 0 fully saturated rings. The lowest BCUT2D eigenvalue weighted by molar-refractivity contribution is -0.132. The van der Waals surface area contributed by atoms with E-state index in [0.29, 0.717) is 24.2 Å². The van der Waals surface area contributed by atoms with Crippen LogP contribution in [0.1, 0.15) is 24.2 Å². The van der Waals surface area contributed by atoms with E-state index in [1.165, 1.54) is 6.92 Å². The molecule has 0 aliphatic carbocycles. The second-order valence-corrected chi connectivity index (χ2v) is 2.82. The van der Waals surface area contributed by atoms with E-state index in [4.69, 9.17) is 9.47 Å². The summed E-state index contributed by atoms with van der Waals surface area (Å²) in [6.07, 6.45) is 0.626. The predicted octanol–water partition coefficient (Wildman–Crippen LogP) is 1.82. The molecule has 0 bridgehead atoms. The Labute approximate surface area is 87.8 Å². The summed E-state index contributed by atoms with van der Waals surface area (Å²) in [5.41, 5.74) is 0.302. The Bertz CT molecular complexity index is 371. The lowest BCUT2D eigenvalue weighted by Crippen LogP contribution is -2.06. The van der Waals surface area contributed by atoms with Crippen molar-refractivity contribution in [2.24, 2.45) is 0 Å². The summed E-state index contributed by atoms with van der Waals surface area (Å²) in [5.74, 6) is 0.101. The maximum atomic E-state index is 10.8. The molecular formula is C11H12O4. The molecule has 0 spiro atoms. The second kappa shape index (κ2) is 5.14. The lowest BCUT2D eigenvalue weighted by atomic mass is 10.2. The number of hydrogen-bond donors (Lipinski definition) is 0. The minimum Gasteiger partial charge on any atom is -0.490 e. The van der Waals surface area contributed by atoms with Gasteiger partial charge in [-0.2, -0.15) is 0 Å². The van der Waals surface area contributed by atoms with Crippen molar-refractivity contribution in [1.29, 1.82) is 0 Å². The average molecular weight is 208 g/mol. The van der Waals surface area contributed by atoms with Gasteiger partial charge in [-0.25, -0.2) is 0 Å². The maximum absolute atomic E-state index is 10.8. The minimum absolute atomic E-state index is 0.182. The molecule has 1 aromatic carbocycles. The van der Waals surface area contributed by atoms with Crippen LogP contribution in [-0.2, 0) is 4.79 Å². The van der Waals surface area contributed by atoms with Crippen LogP contribution in [0.2, 0.25) is 0 Å². The van der Waals surface area contributed by atoms with Gasteiger partial charge in [-0.15, -0.1) is 0 Å². The van der Waals surface area contributed by atoms with Crippen molar-refractivity contribution in [3.05, 3.63) is 23.8 Å². The summed E-state index contributed by atoms with van der Waals surface area (Å²) in [4.78, 5) is 21.6. The van der Waals surface area contributed by atoms with E-state index in [0.717, 1.165) is 0 Å². The van der Waals surface area contributed by atoms with Crippen LogP contribution in [-0.4, -0.2) is 18.9 Å². The normalized spacial score (nSPS) is 9.47. The molecule has 0 saturated heterocycles. The molecule has 4 heteroatoms. The van der Waals surface area contributed by atoms with E-state index >= 15 is 0 Å². The molecule has 0 heterocycles. The molecule has 0 radical (unpaired) electrons. The summed E-state index contributed by atoms with van der Waals surface area (Å²) in [5, 5.41) is 0. The van der Waals surface area contributed by atoms with E-state index in [2.05, 4.69) is 0 Å². The first-order chi connectivity index (χ1) is 7.19. The second-order valence-electron chi connectivity index (χ2n) is 2.82. The number of carbonyl (C=O) groups excluding carboxylic acids is 2. The summed E-state index contributed by atoms with van der Waals surface area (Å²) < 4.78 is 10.2. The van der Waals surface area contributed by atoms with Crippen LogP contribution in [0.4, 0.5) is 0 Å². The van der Waals surface area contributed by atoms with Gasteiger partial charge in [-0.1, -0.05) is 6.07 Å². The van der Waals surface area contributed by atoms with Crippen molar-refractivity contribution in [2.75, 3.05) is 6.61 Å². The Balaban J connectivity index is 3.13. The minimum atomic E-state index is -0.481. The Morgan fingerprint density at radius 2 is 2.20 bits per heavy atom. The summed E-state index contributed by atoms with van der Waals surface area (Å²) in [6.45, 7) is 3.53. The number of para-hydroxylation sites is 1. The number of ether oxygens (including phenoxy) is 2. The van der Waals surface area contributed by atoms with E-state index in [1.54, 1.807) is 18.2 Å². The first kappa shape index (κ1) is 11.2. The molecule has 80 valence electrons. The van der Waals surface area contributed by atoms with Crippen LogP contribution < -0.4 is 9.47 Å². The largest absolute Gasteiger partial charge is 0.490 e. The molecule has 0 saturated carbocycles. The summed E-state index contributed by atoms with van der Waals surface area (Å²) in [6, 6.07) is 4.88. The molecule has 0 aromatic heterocycles. The first-order valence-electron chi connectivity index (χ1n) is 4.58. The van der Waals surface area contributed by atoms with Crippen molar-refractivity contribution in [2.45, 2.75) is 13.8 Å². The van der Waals surface area contributed by atoms with Gasteiger partial charge in [-0.3, -0.25) is 9.59 Å². The SMILES string of the molecule is CCOc1cccc(C=O)c1OC(C)=O. The molecule has 4 nitrogen and oxygen atoms in total. The van der Waals surface area contributed by atoms with Gasteiger partial charge in [0.1, 0.15) is 0 Å². The average Bonchev–Trinajstić information content (AvgIpc) is 2.20. The van der Waals surface area contributed by atoms with Gasteiger partial charge < -0.3 is 9.47 Å². The van der Waals surface area contributed by atoms with Gasteiger partial charge in [0, 0.05) is 6.92 Å². The smallest absolute Gasteiger partial charge is 0.308 e. The third-order valence-electron chi connectivity index (χ3n) is 1.68. The Morgan fingerprint density at radius 1 is 1.47 bits per heavy atom. The van der Waals surface area contributed by atoms with Gasteiger partial charge >= 0.3 is 5.97 Å². The molecule has 0 aliphatic rings. The highest BCUT2D eigenvalue weighted by atomic mass is 16.6. The summed E-state index contributed by atoms with van der Waals surface area (Å²) in [7, 11) is 0. The zero-order valence-electron chi connectivity index (χ0n) is 8.65. The van der Waals surface area contributed by atoms with Crippen molar-refractivity contribution in [3.63, 3.8) is 0 Å². The first-order valence-corrected chi connectivity index (χ1v) is 4.58. The van der Waals surface area contributed by atoms with Crippen LogP contribution in [0.5, 0.6) is 11.5 Å². The van der Waals surface area contributed by atoms with Gasteiger partial charge in [0.25, 0.3) is 0 Å². The van der Waals surface area contributed by atoms with Crippen LogP contribution in [0.15, 0.2) is 18.2 Å². The summed E-state index contributed by atoms with van der Waals surface area (Å²) >= 11 is 0. The molecule has 0 atom stereocenters. The third-order valence-corrected chi connectivity index (χ3v) is 1.68. The number of hydrogen-bond acceptors (Lipinski definition) is 4. The predicted molar refractivity (Wildman–Crippen MR) is 54.3 cm³/mol. The number of carbonyl (C=O) groups is 2. The van der Waals surface area contributed by atoms with Crippen LogP contribution in [0.3, 0.4) is 0 Å². The molecule has 1 rings (SSSR count). The number of esters is 1. The van der Waals surface area contributed by atoms with Gasteiger partial charge in [0.05, 0.1) is 12.2 Å². The fourth-order valence-corrected chi connectivity index (χ4v) is 1.15. The van der Waals surface area contributed by atoms with Crippen LogP contribution >= 0.6 is 0 Å². The highest BCUT2D eigenvalue weighted by Gasteiger charge is 2.12. The number of rotatable bonds is 4. The quantitative estimate of drug-likeness (QED) is 0.430. The molecule has 0 amide bonds. The van der Waals surface area contributed by atoms with Crippen LogP contribution in [0.25, 0.3) is 0 Å². The third kappa shape index (κ3) is 2.80. The van der Waals surface area contributed by atoms with Crippen molar-refractivity contribution in [3.8, 4) is 11.5 Å². The highest BCUT2D eigenvalue weighted by Crippen LogP contribution is 2.30. The molecule has 1 aromatic rings. The van der Waals surface area contributed by atoms with Gasteiger partial charge in [0.15, 0.2) is 17.8 Å². The van der Waals surface area contributed by atoms with Crippen LogP contribution in [0, 0.1) is 0 Å². The van der Waals surface area contributed by atoms with Crippen molar-refractivity contribution in [1.82, 2.24) is 0 Å². The zero-order chi connectivity index (χ0) is 11.3. The van der Waals surface area contributed by atoms with E-state index in [1.807, 2.05) is 6.92 Å². The highest BCUT2D eigenvalue weighted by molar-refractivity contribution is 5.83. The zero-order valence-corrected chi connectivity index (χ0v) is 8.65. The number of aldehydes is 1. The van der Waals surface area contributed by atoms with Gasteiger partial charge in [-0.05, 0) is 19.1 Å². The Hall–Kier alpha value is -1.84. The maximum Gasteiger partial charge on any atom is 0.308 e. The molecule has 0 aliphatic heterocycles. The Kier molecular flexibility index (Phi) is 3.85. The van der Waals surface area contributed by atoms with E-state index in [-0.39, 0.29) is 5.75 Å². The fraction of sp³-hybridized carbons (Fsp3) is 0.273. The molecule has 0 unspecified atom stereocenters. The molecule has 0 N–H and O–H groups in total. The van der Waals surface area contributed by atoms with Crippen molar-refractivity contribution >= 4 is 12.3 Å². The van der Waals surface area contributed by atoms with Crippen molar-refractivity contribution < 1.29 is 19.1 Å². The van der Waals surface area contributed by atoms with E-state index in [9.17, 15) is 9.59 Å². The molecular weight excluding hydrogens is 196 g/mol. The standard InChI is InChI=1S/C11H12O4/c1-3-14-10-6-4-5-9(7-12)11(10)15-8(2)13/h4-7H,3H2,1-2H3.